The molecule has 0 aliphatic heterocycles. The first-order valence-electron chi connectivity index (χ1n) is 5.37. The van der Waals surface area contributed by atoms with E-state index in [1.165, 1.54) is 0 Å². The van der Waals surface area contributed by atoms with Crippen LogP contribution in [0, 0.1) is 0 Å². The van der Waals surface area contributed by atoms with Gasteiger partial charge in [-0.05, 0) is 5.56 Å². The van der Waals surface area contributed by atoms with E-state index in [9.17, 15) is 26.7 Å². The molecule has 0 amide bonds. The topological polar surface area (TPSA) is 48.4 Å². The van der Waals surface area contributed by atoms with E-state index in [0.29, 0.717) is 6.20 Å². The van der Waals surface area contributed by atoms with Gasteiger partial charge < -0.3 is 9.47 Å². The van der Waals surface area contributed by atoms with Crippen LogP contribution >= 0.6 is 11.6 Å². The number of hydrogen-bond donors (Lipinski definition) is 0. The van der Waals surface area contributed by atoms with E-state index in [0.717, 1.165) is 7.11 Å². The van der Waals surface area contributed by atoms with Crippen molar-refractivity contribution in [3.63, 3.8) is 0 Å². The molecular weight excluding hydrogens is 325 g/mol. The van der Waals surface area contributed by atoms with Crippen molar-refractivity contribution in [1.82, 2.24) is 4.98 Å². The van der Waals surface area contributed by atoms with Crippen molar-refractivity contribution in [2.45, 2.75) is 25.1 Å². The molecule has 1 heterocycles. The first kappa shape index (κ1) is 17.4. The van der Waals surface area contributed by atoms with E-state index in [1.807, 2.05) is 0 Å². The lowest BCUT2D eigenvalue weighted by atomic mass is 10.0. The second kappa shape index (κ2) is 6.88. The van der Waals surface area contributed by atoms with E-state index in [1.54, 1.807) is 0 Å². The number of nitrogens with zero attached hydrogens (tertiary/aromatic N) is 1. The van der Waals surface area contributed by atoms with Crippen LogP contribution in [0.25, 0.3) is 0 Å². The summed E-state index contributed by atoms with van der Waals surface area (Å²) in [6.45, 7) is 0. The van der Waals surface area contributed by atoms with Crippen molar-refractivity contribution in [2.24, 2.45) is 0 Å². The third-order valence-electron chi connectivity index (χ3n) is 2.41. The smallest absolute Gasteiger partial charge is 0.469 e. The van der Waals surface area contributed by atoms with Crippen LogP contribution in [0.3, 0.4) is 0 Å². The molecule has 0 unspecified atom stereocenters. The maximum Gasteiger partial charge on any atom is 0.573 e. The largest absolute Gasteiger partial charge is 0.573 e. The van der Waals surface area contributed by atoms with E-state index in [2.05, 4.69) is 14.5 Å². The summed E-state index contributed by atoms with van der Waals surface area (Å²) >= 11 is 5.50. The van der Waals surface area contributed by atoms with Gasteiger partial charge in [0.25, 0.3) is 6.43 Å². The van der Waals surface area contributed by atoms with E-state index < -0.39 is 48.1 Å². The molecule has 21 heavy (non-hydrogen) atoms. The zero-order valence-electron chi connectivity index (χ0n) is 10.5. The molecule has 0 radical (unpaired) electrons. The third-order valence-corrected chi connectivity index (χ3v) is 2.67. The van der Waals surface area contributed by atoms with Gasteiger partial charge in [-0.15, -0.1) is 24.8 Å². The zero-order valence-corrected chi connectivity index (χ0v) is 11.3. The van der Waals surface area contributed by atoms with Gasteiger partial charge in [-0.3, -0.25) is 9.78 Å². The summed E-state index contributed by atoms with van der Waals surface area (Å²) in [5.41, 5.74) is -1.66. The first-order chi connectivity index (χ1) is 9.69. The van der Waals surface area contributed by atoms with Gasteiger partial charge in [-0.1, -0.05) is 0 Å². The first-order valence-corrected chi connectivity index (χ1v) is 5.90. The minimum Gasteiger partial charge on any atom is -0.469 e. The lowest BCUT2D eigenvalue weighted by molar-refractivity contribution is -0.275. The molecule has 0 aliphatic carbocycles. The Morgan fingerprint density at radius 2 is 2.00 bits per heavy atom. The van der Waals surface area contributed by atoms with E-state index in [4.69, 9.17) is 11.6 Å². The predicted octanol–water partition coefficient (Wildman–Crippen LogP) is 3.37. The summed E-state index contributed by atoms with van der Waals surface area (Å²) in [4.78, 5) is 14.4. The fraction of sp³-hybridized carbons (Fsp3) is 0.455. The van der Waals surface area contributed by atoms with Crippen LogP contribution in [0.5, 0.6) is 5.75 Å². The maximum absolute atomic E-state index is 12.8. The second-order valence-corrected chi connectivity index (χ2v) is 3.97. The van der Waals surface area contributed by atoms with Crippen molar-refractivity contribution < 1.29 is 36.2 Å². The number of carbonyl (C=O) groups is 1. The van der Waals surface area contributed by atoms with Crippen molar-refractivity contribution in [1.29, 1.82) is 0 Å². The minimum absolute atomic E-state index is 0.385. The fourth-order valence-corrected chi connectivity index (χ4v) is 1.84. The van der Waals surface area contributed by atoms with Gasteiger partial charge in [0.1, 0.15) is 5.69 Å². The number of carbonyl (C=O) groups excluding carboxylic acids is 1. The number of aromatic nitrogens is 1. The predicted molar refractivity (Wildman–Crippen MR) is 61.2 cm³/mol. The average molecular weight is 334 g/mol. The fourth-order valence-electron chi connectivity index (χ4n) is 1.55. The Morgan fingerprint density at radius 3 is 2.43 bits per heavy atom. The average Bonchev–Trinajstić information content (AvgIpc) is 2.36. The molecule has 0 N–H and O–H groups in total. The van der Waals surface area contributed by atoms with Crippen molar-refractivity contribution in [3.05, 3.63) is 23.0 Å². The molecule has 0 saturated heterocycles. The summed E-state index contributed by atoms with van der Waals surface area (Å²) in [5.74, 6) is -2.32. The van der Waals surface area contributed by atoms with Crippen LogP contribution in [0.15, 0.2) is 6.20 Å². The van der Waals surface area contributed by atoms with Crippen molar-refractivity contribution in [2.75, 3.05) is 7.11 Å². The Morgan fingerprint density at radius 1 is 1.38 bits per heavy atom. The monoisotopic (exact) mass is 333 g/mol. The van der Waals surface area contributed by atoms with Gasteiger partial charge >= 0.3 is 12.3 Å². The van der Waals surface area contributed by atoms with Crippen LogP contribution in [-0.4, -0.2) is 24.4 Å². The number of esters is 1. The molecule has 118 valence electrons. The lowest BCUT2D eigenvalue weighted by Crippen LogP contribution is -2.20. The molecule has 0 saturated carbocycles. The third kappa shape index (κ3) is 4.69. The van der Waals surface area contributed by atoms with Crippen molar-refractivity contribution in [3.8, 4) is 5.75 Å². The molecule has 0 atom stereocenters. The number of halogens is 6. The molecule has 1 aromatic rings. The number of methoxy groups -OCH3 is 1. The lowest BCUT2D eigenvalue weighted by Gasteiger charge is -2.17. The Labute approximate surface area is 120 Å². The maximum atomic E-state index is 12.8. The molecule has 0 aliphatic rings. The quantitative estimate of drug-likeness (QED) is 0.471. The van der Waals surface area contributed by atoms with Crippen LogP contribution < -0.4 is 4.74 Å². The van der Waals surface area contributed by atoms with Gasteiger partial charge in [0.05, 0.1) is 25.6 Å². The number of hydrogen-bond acceptors (Lipinski definition) is 4. The van der Waals surface area contributed by atoms with E-state index >= 15 is 0 Å². The molecule has 0 aromatic carbocycles. The number of ether oxygens (including phenoxy) is 2. The zero-order chi connectivity index (χ0) is 16.2. The summed E-state index contributed by atoms with van der Waals surface area (Å²) in [6.07, 6.45) is -8.34. The Kier molecular flexibility index (Phi) is 5.70. The number of pyridine rings is 1. The minimum atomic E-state index is -5.04. The van der Waals surface area contributed by atoms with Gasteiger partial charge in [-0.25, -0.2) is 8.78 Å². The summed E-state index contributed by atoms with van der Waals surface area (Å²) in [6, 6.07) is 0. The van der Waals surface area contributed by atoms with Crippen LogP contribution in [0.4, 0.5) is 22.0 Å². The highest BCUT2D eigenvalue weighted by atomic mass is 35.5. The summed E-state index contributed by atoms with van der Waals surface area (Å²) < 4.78 is 70.4. The van der Waals surface area contributed by atoms with E-state index in [-0.39, 0.29) is 5.56 Å². The second-order valence-electron chi connectivity index (χ2n) is 3.70. The van der Waals surface area contributed by atoms with Gasteiger partial charge in [0.15, 0.2) is 5.75 Å². The number of rotatable bonds is 5. The summed E-state index contributed by atoms with van der Waals surface area (Å²) in [7, 11) is 1.01. The molecule has 1 aromatic heterocycles. The summed E-state index contributed by atoms with van der Waals surface area (Å²) in [5, 5.41) is 0. The van der Waals surface area contributed by atoms with Crippen molar-refractivity contribution >= 4 is 17.6 Å². The Hall–Kier alpha value is -1.64. The normalized spacial score (nSPS) is 11.6. The number of alkyl halides is 6. The molecule has 0 bridgehead atoms. The standard InChI is InChI=1S/C11H9ClF5NO3/c1-20-8(19)2-5-6(3-12)7(21-11(15,16)17)4-18-9(5)10(13)14/h4,10H,2-3H2,1H3. The Balaban J connectivity index is 3.37. The van der Waals surface area contributed by atoms with Gasteiger partial charge in [0, 0.05) is 5.56 Å². The highest BCUT2D eigenvalue weighted by Crippen LogP contribution is 2.34. The van der Waals surface area contributed by atoms with Crippen LogP contribution in [-0.2, 0) is 21.8 Å². The molecule has 4 nitrogen and oxygen atoms in total. The van der Waals surface area contributed by atoms with Gasteiger partial charge in [0.2, 0.25) is 0 Å². The van der Waals surface area contributed by atoms with Crippen LogP contribution in [0.2, 0.25) is 0 Å². The van der Waals surface area contributed by atoms with Crippen LogP contribution in [0.1, 0.15) is 23.2 Å². The highest BCUT2D eigenvalue weighted by Gasteiger charge is 2.34. The Bertz CT molecular complexity index is 521. The molecule has 0 spiro atoms. The molecule has 1 rings (SSSR count). The van der Waals surface area contributed by atoms with Gasteiger partial charge in [-0.2, -0.15) is 0 Å². The molecule has 10 heteroatoms. The molecule has 0 fully saturated rings. The highest BCUT2D eigenvalue weighted by molar-refractivity contribution is 6.17. The molecular formula is C11H9ClF5NO3. The SMILES string of the molecule is COC(=O)Cc1c(C(F)F)ncc(OC(F)(F)F)c1CCl.